The van der Waals surface area contributed by atoms with Crippen LogP contribution in [0, 0.1) is 5.82 Å². The molecular weight excluding hydrogens is 411 g/mol. The molecule has 0 fully saturated rings. The van der Waals surface area contributed by atoms with Crippen molar-refractivity contribution >= 4 is 38.6 Å². The summed E-state index contributed by atoms with van der Waals surface area (Å²) in [6, 6.07) is 11.0. The summed E-state index contributed by atoms with van der Waals surface area (Å²) in [4.78, 5) is 13.9. The minimum absolute atomic E-state index is 0.0292. The van der Waals surface area contributed by atoms with Crippen LogP contribution in [-0.2, 0) is 22.9 Å². The highest BCUT2D eigenvalue weighted by molar-refractivity contribution is 7.92. The van der Waals surface area contributed by atoms with Gasteiger partial charge in [-0.25, -0.2) is 12.8 Å². The van der Waals surface area contributed by atoms with E-state index in [1.165, 1.54) is 23.4 Å². The van der Waals surface area contributed by atoms with Gasteiger partial charge in [-0.15, -0.1) is 11.3 Å². The summed E-state index contributed by atoms with van der Waals surface area (Å²) in [5.41, 5.74) is 2.81. The Morgan fingerprint density at radius 1 is 0.931 bits per heavy atom. The number of carbonyl (C=O) groups excluding carboxylic acids is 1. The molecule has 1 amide bonds. The van der Waals surface area contributed by atoms with Crippen LogP contribution in [-0.4, -0.2) is 14.3 Å². The van der Waals surface area contributed by atoms with Crippen molar-refractivity contribution in [3.05, 3.63) is 75.7 Å². The first-order valence-electron chi connectivity index (χ1n) is 9.21. The molecule has 2 aromatic carbocycles. The molecule has 1 aromatic heterocycles. The van der Waals surface area contributed by atoms with Gasteiger partial charge in [-0.2, -0.15) is 0 Å². The summed E-state index contributed by atoms with van der Waals surface area (Å²) in [5.74, 6) is -0.653. The Morgan fingerprint density at radius 2 is 1.59 bits per heavy atom. The number of nitrogens with one attached hydrogen (secondary N) is 2. The normalized spacial score (nSPS) is 13.6. The molecule has 0 radical (unpaired) electrons. The smallest absolute Gasteiger partial charge is 0.261 e. The molecule has 0 saturated heterocycles. The molecule has 0 bridgehead atoms. The molecular formula is C21H19FN2O3S2. The van der Waals surface area contributed by atoms with Gasteiger partial charge in [0.25, 0.3) is 15.9 Å². The summed E-state index contributed by atoms with van der Waals surface area (Å²) < 4.78 is 40.2. The second-order valence-electron chi connectivity index (χ2n) is 6.85. The molecule has 2 N–H and O–H groups in total. The van der Waals surface area contributed by atoms with Crippen LogP contribution in [0.3, 0.4) is 0 Å². The topological polar surface area (TPSA) is 75.3 Å². The van der Waals surface area contributed by atoms with Gasteiger partial charge in [0.2, 0.25) is 0 Å². The number of benzene rings is 2. The van der Waals surface area contributed by atoms with E-state index in [9.17, 15) is 17.6 Å². The van der Waals surface area contributed by atoms with Crippen LogP contribution < -0.4 is 10.0 Å². The Bertz CT molecular complexity index is 1140. The summed E-state index contributed by atoms with van der Waals surface area (Å²) in [6.45, 7) is 0. The van der Waals surface area contributed by atoms with Gasteiger partial charge in [-0.1, -0.05) is 0 Å². The van der Waals surface area contributed by atoms with E-state index in [1.54, 1.807) is 35.6 Å². The summed E-state index contributed by atoms with van der Waals surface area (Å²) in [7, 11) is -3.81. The first kappa shape index (κ1) is 19.6. The van der Waals surface area contributed by atoms with Crippen LogP contribution in [0.2, 0.25) is 0 Å². The number of anilines is 2. The molecule has 0 saturated carbocycles. The van der Waals surface area contributed by atoms with E-state index in [4.69, 9.17) is 0 Å². The number of rotatable bonds is 5. The molecule has 0 spiro atoms. The van der Waals surface area contributed by atoms with Gasteiger partial charge in [0, 0.05) is 21.6 Å². The van der Waals surface area contributed by atoms with E-state index in [0.29, 0.717) is 11.4 Å². The van der Waals surface area contributed by atoms with Crippen molar-refractivity contribution in [3.8, 4) is 0 Å². The molecule has 29 heavy (non-hydrogen) atoms. The van der Waals surface area contributed by atoms with Crippen LogP contribution in [0.5, 0.6) is 0 Å². The largest absolute Gasteiger partial charge is 0.322 e. The zero-order valence-corrected chi connectivity index (χ0v) is 17.1. The van der Waals surface area contributed by atoms with E-state index >= 15 is 0 Å². The number of thiophene rings is 1. The SMILES string of the molecule is O=C(Nc1ccc(NS(=O)(=O)c2ccc(F)cc2)cc1)c1csc2c1CCCC2. The Hall–Kier alpha value is -2.71. The fourth-order valence-electron chi connectivity index (χ4n) is 3.33. The highest BCUT2D eigenvalue weighted by Crippen LogP contribution is 2.30. The molecule has 4 rings (SSSR count). The molecule has 0 aliphatic heterocycles. The average Bonchev–Trinajstić information content (AvgIpc) is 3.14. The van der Waals surface area contributed by atoms with Crippen LogP contribution in [0.15, 0.2) is 58.8 Å². The number of halogens is 1. The van der Waals surface area contributed by atoms with Gasteiger partial charge in [0.05, 0.1) is 10.5 Å². The number of fused-ring (bicyclic) bond motifs is 1. The van der Waals surface area contributed by atoms with E-state index in [2.05, 4.69) is 10.0 Å². The van der Waals surface area contributed by atoms with Crippen LogP contribution in [0.1, 0.15) is 33.6 Å². The molecule has 8 heteroatoms. The van der Waals surface area contributed by atoms with Gasteiger partial charge in [-0.05, 0) is 79.8 Å². The van der Waals surface area contributed by atoms with Gasteiger partial charge >= 0.3 is 0 Å². The lowest BCUT2D eigenvalue weighted by Crippen LogP contribution is -2.15. The number of carbonyl (C=O) groups is 1. The predicted molar refractivity (Wildman–Crippen MR) is 113 cm³/mol. The van der Waals surface area contributed by atoms with Gasteiger partial charge in [-0.3, -0.25) is 9.52 Å². The monoisotopic (exact) mass is 430 g/mol. The minimum atomic E-state index is -3.81. The van der Waals surface area contributed by atoms with Crippen LogP contribution >= 0.6 is 11.3 Å². The van der Waals surface area contributed by atoms with Crippen molar-refractivity contribution in [3.63, 3.8) is 0 Å². The number of hydrogen-bond acceptors (Lipinski definition) is 4. The maximum atomic E-state index is 13.0. The maximum Gasteiger partial charge on any atom is 0.261 e. The number of amides is 1. The van der Waals surface area contributed by atoms with Crippen molar-refractivity contribution < 1.29 is 17.6 Å². The van der Waals surface area contributed by atoms with Crippen LogP contribution in [0.4, 0.5) is 15.8 Å². The highest BCUT2D eigenvalue weighted by Gasteiger charge is 2.20. The minimum Gasteiger partial charge on any atom is -0.322 e. The molecule has 5 nitrogen and oxygen atoms in total. The average molecular weight is 431 g/mol. The van der Waals surface area contributed by atoms with Crippen LogP contribution in [0.25, 0.3) is 0 Å². The first-order valence-corrected chi connectivity index (χ1v) is 11.6. The zero-order valence-electron chi connectivity index (χ0n) is 15.4. The van der Waals surface area contributed by atoms with Crippen molar-refractivity contribution in [1.29, 1.82) is 0 Å². The molecule has 1 aliphatic carbocycles. The third kappa shape index (κ3) is 4.33. The van der Waals surface area contributed by atoms with Gasteiger partial charge in [0.1, 0.15) is 5.82 Å². The second-order valence-corrected chi connectivity index (χ2v) is 9.50. The molecule has 0 unspecified atom stereocenters. The molecule has 1 aliphatic rings. The van der Waals surface area contributed by atoms with Crippen molar-refractivity contribution in [2.45, 2.75) is 30.6 Å². The second kappa shape index (κ2) is 7.96. The number of aryl methyl sites for hydroxylation is 1. The highest BCUT2D eigenvalue weighted by atomic mass is 32.2. The fraction of sp³-hybridized carbons (Fsp3) is 0.190. The lowest BCUT2D eigenvalue weighted by molar-refractivity contribution is 0.102. The van der Waals surface area contributed by atoms with E-state index < -0.39 is 15.8 Å². The first-order chi connectivity index (χ1) is 13.9. The predicted octanol–water partition coefficient (Wildman–Crippen LogP) is 4.82. The Morgan fingerprint density at radius 3 is 2.31 bits per heavy atom. The van der Waals surface area contributed by atoms with Crippen molar-refractivity contribution in [1.82, 2.24) is 0 Å². The zero-order chi connectivity index (χ0) is 20.4. The van der Waals surface area contributed by atoms with Crippen molar-refractivity contribution in [2.24, 2.45) is 0 Å². The molecule has 1 heterocycles. The van der Waals surface area contributed by atoms with E-state index in [1.807, 2.05) is 5.38 Å². The Kier molecular flexibility index (Phi) is 5.38. The Labute approximate surface area is 172 Å². The van der Waals surface area contributed by atoms with E-state index in [0.717, 1.165) is 42.5 Å². The molecule has 0 atom stereocenters. The van der Waals surface area contributed by atoms with Gasteiger partial charge in [0.15, 0.2) is 0 Å². The number of sulfonamides is 1. The number of hydrogen-bond donors (Lipinski definition) is 2. The Balaban J connectivity index is 1.45. The third-order valence-electron chi connectivity index (χ3n) is 4.82. The van der Waals surface area contributed by atoms with Gasteiger partial charge < -0.3 is 5.32 Å². The van der Waals surface area contributed by atoms with Crippen molar-refractivity contribution in [2.75, 3.05) is 10.0 Å². The molecule has 150 valence electrons. The molecule has 3 aromatic rings. The summed E-state index contributed by atoms with van der Waals surface area (Å²) >= 11 is 1.64. The summed E-state index contributed by atoms with van der Waals surface area (Å²) in [5, 5.41) is 4.78. The summed E-state index contributed by atoms with van der Waals surface area (Å²) in [6.07, 6.45) is 4.25. The van der Waals surface area contributed by atoms with E-state index in [-0.39, 0.29) is 10.8 Å². The third-order valence-corrected chi connectivity index (χ3v) is 7.31. The maximum absolute atomic E-state index is 13.0. The fourth-order valence-corrected chi connectivity index (χ4v) is 5.52. The lowest BCUT2D eigenvalue weighted by Gasteiger charge is -2.13. The standard InChI is InChI=1S/C21H19FN2O3S2/c22-14-5-11-17(12-6-14)29(26,27)24-16-9-7-15(8-10-16)23-21(25)19-13-28-20-4-2-1-3-18(19)20/h5-13,24H,1-4H2,(H,23,25). The lowest BCUT2D eigenvalue weighted by atomic mass is 9.95. The quantitative estimate of drug-likeness (QED) is 0.609.